The van der Waals surface area contributed by atoms with Crippen LogP contribution < -0.4 is 11.1 Å². The number of hydrogen-bond donors (Lipinski definition) is 3. The Bertz CT molecular complexity index is 750. The molecule has 0 spiro atoms. The van der Waals surface area contributed by atoms with Gasteiger partial charge in [-0.2, -0.15) is 5.10 Å². The van der Waals surface area contributed by atoms with Gasteiger partial charge < -0.3 is 11.1 Å². The van der Waals surface area contributed by atoms with Crippen LogP contribution in [0.15, 0.2) is 42.6 Å². The summed E-state index contributed by atoms with van der Waals surface area (Å²) in [6.07, 6.45) is 1.73. The molecule has 0 saturated heterocycles. The van der Waals surface area contributed by atoms with Crippen LogP contribution in [0, 0.1) is 5.82 Å². The number of rotatable bonds is 3. The predicted molar refractivity (Wildman–Crippen MR) is 78.9 cm³/mol. The average Bonchev–Trinajstić information content (AvgIpc) is 2.86. The number of nitrogens with zero attached hydrogens (tertiary/aromatic N) is 1. The van der Waals surface area contributed by atoms with Crippen molar-refractivity contribution in [2.45, 2.75) is 13.0 Å². The second kappa shape index (κ2) is 4.85. The molecule has 20 heavy (non-hydrogen) atoms. The highest BCUT2D eigenvalue weighted by atomic mass is 19.1. The highest BCUT2D eigenvalue weighted by Crippen LogP contribution is 2.28. The molecule has 0 saturated carbocycles. The van der Waals surface area contributed by atoms with E-state index in [1.807, 2.05) is 25.1 Å². The minimum Gasteiger partial charge on any atom is -0.397 e. The summed E-state index contributed by atoms with van der Waals surface area (Å²) in [7, 11) is 0. The zero-order chi connectivity index (χ0) is 14.1. The van der Waals surface area contributed by atoms with Crippen LogP contribution >= 0.6 is 0 Å². The number of benzene rings is 2. The molecule has 0 bridgehead atoms. The molecule has 4 N–H and O–H groups in total. The predicted octanol–water partition coefficient (Wildman–Crippen LogP) is 3.46. The van der Waals surface area contributed by atoms with E-state index < -0.39 is 0 Å². The van der Waals surface area contributed by atoms with Gasteiger partial charge in [-0.1, -0.05) is 12.1 Å². The van der Waals surface area contributed by atoms with Gasteiger partial charge in [0.05, 0.1) is 23.1 Å². The Balaban J connectivity index is 1.90. The van der Waals surface area contributed by atoms with Gasteiger partial charge >= 0.3 is 0 Å². The van der Waals surface area contributed by atoms with Crippen LogP contribution in [0.4, 0.5) is 15.8 Å². The van der Waals surface area contributed by atoms with Crippen molar-refractivity contribution in [2.75, 3.05) is 11.1 Å². The van der Waals surface area contributed by atoms with Crippen LogP contribution in [-0.4, -0.2) is 10.2 Å². The molecule has 0 aliphatic rings. The Morgan fingerprint density at radius 1 is 1.30 bits per heavy atom. The molecule has 0 amide bonds. The topological polar surface area (TPSA) is 66.7 Å². The van der Waals surface area contributed by atoms with E-state index in [1.165, 1.54) is 12.1 Å². The number of nitrogens with one attached hydrogen (secondary N) is 2. The third-order valence-corrected chi connectivity index (χ3v) is 3.33. The molecule has 0 aliphatic carbocycles. The third-order valence-electron chi connectivity index (χ3n) is 3.33. The maximum absolute atomic E-state index is 13.2. The first-order valence-electron chi connectivity index (χ1n) is 6.38. The van der Waals surface area contributed by atoms with Crippen LogP contribution in [0.5, 0.6) is 0 Å². The largest absolute Gasteiger partial charge is 0.397 e. The SMILES string of the molecule is CC(Nc1cc2[nH]ncc2cc1N)c1cccc(F)c1. The Kier molecular flexibility index (Phi) is 3.02. The van der Waals surface area contributed by atoms with E-state index in [0.717, 1.165) is 22.2 Å². The quantitative estimate of drug-likeness (QED) is 0.638. The molecule has 1 unspecified atom stereocenters. The van der Waals surface area contributed by atoms with Gasteiger partial charge in [0.1, 0.15) is 5.82 Å². The number of hydrogen-bond acceptors (Lipinski definition) is 3. The number of H-pyrrole nitrogens is 1. The number of fused-ring (bicyclic) bond motifs is 1. The van der Waals surface area contributed by atoms with E-state index >= 15 is 0 Å². The van der Waals surface area contributed by atoms with Crippen LogP contribution in [-0.2, 0) is 0 Å². The first-order valence-corrected chi connectivity index (χ1v) is 6.38. The van der Waals surface area contributed by atoms with Gasteiger partial charge in [-0.05, 0) is 36.8 Å². The third kappa shape index (κ3) is 2.30. The fourth-order valence-corrected chi connectivity index (χ4v) is 2.23. The fourth-order valence-electron chi connectivity index (χ4n) is 2.23. The Morgan fingerprint density at radius 2 is 2.15 bits per heavy atom. The number of nitrogens with two attached hydrogens (primary N) is 1. The van der Waals surface area contributed by atoms with E-state index in [-0.39, 0.29) is 11.9 Å². The standard InChI is InChI=1S/C15H15FN4/c1-9(10-3-2-4-12(16)5-10)19-15-7-14-11(6-13(15)17)8-18-20-14/h2-9,19H,17H2,1H3,(H,18,20). The highest BCUT2D eigenvalue weighted by molar-refractivity contribution is 5.88. The Labute approximate surface area is 115 Å². The highest BCUT2D eigenvalue weighted by Gasteiger charge is 2.09. The van der Waals surface area contributed by atoms with Gasteiger partial charge in [-0.25, -0.2) is 4.39 Å². The van der Waals surface area contributed by atoms with Crippen LogP contribution in [0.3, 0.4) is 0 Å². The molecule has 0 fully saturated rings. The summed E-state index contributed by atoms with van der Waals surface area (Å²) in [6, 6.07) is 10.3. The lowest BCUT2D eigenvalue weighted by atomic mass is 10.1. The van der Waals surface area contributed by atoms with Crippen molar-refractivity contribution >= 4 is 22.3 Å². The first-order chi connectivity index (χ1) is 9.63. The second-order valence-corrected chi connectivity index (χ2v) is 4.82. The molecule has 3 rings (SSSR count). The van der Waals surface area contributed by atoms with Gasteiger partial charge in [-0.3, -0.25) is 5.10 Å². The lowest BCUT2D eigenvalue weighted by Crippen LogP contribution is -2.08. The van der Waals surface area contributed by atoms with E-state index in [2.05, 4.69) is 15.5 Å². The number of aromatic nitrogens is 2. The van der Waals surface area contributed by atoms with Gasteiger partial charge in [-0.15, -0.1) is 0 Å². The monoisotopic (exact) mass is 270 g/mol. The summed E-state index contributed by atoms with van der Waals surface area (Å²) in [5.41, 5.74) is 9.25. The van der Waals surface area contributed by atoms with E-state index in [0.29, 0.717) is 5.69 Å². The zero-order valence-electron chi connectivity index (χ0n) is 11.0. The van der Waals surface area contributed by atoms with Gasteiger partial charge in [0.2, 0.25) is 0 Å². The summed E-state index contributed by atoms with van der Waals surface area (Å²) >= 11 is 0. The molecule has 1 atom stereocenters. The molecule has 1 aromatic heterocycles. The summed E-state index contributed by atoms with van der Waals surface area (Å²) in [4.78, 5) is 0. The normalized spacial score (nSPS) is 12.5. The lowest BCUT2D eigenvalue weighted by Gasteiger charge is -2.17. The van der Waals surface area contributed by atoms with Crippen molar-refractivity contribution in [2.24, 2.45) is 0 Å². The summed E-state index contributed by atoms with van der Waals surface area (Å²) in [5.74, 6) is -0.242. The number of halogens is 1. The summed E-state index contributed by atoms with van der Waals surface area (Å²) < 4.78 is 13.2. The van der Waals surface area contributed by atoms with E-state index in [4.69, 9.17) is 5.73 Å². The maximum Gasteiger partial charge on any atom is 0.123 e. The fraction of sp³-hybridized carbons (Fsp3) is 0.133. The van der Waals surface area contributed by atoms with Crippen molar-refractivity contribution in [3.63, 3.8) is 0 Å². The smallest absolute Gasteiger partial charge is 0.123 e. The van der Waals surface area contributed by atoms with Gasteiger partial charge in [0.15, 0.2) is 0 Å². The molecule has 4 nitrogen and oxygen atoms in total. The average molecular weight is 270 g/mol. The summed E-state index contributed by atoms with van der Waals surface area (Å²) in [5, 5.41) is 11.1. The van der Waals surface area contributed by atoms with Crippen molar-refractivity contribution < 1.29 is 4.39 Å². The van der Waals surface area contributed by atoms with Crippen molar-refractivity contribution in [3.8, 4) is 0 Å². The molecule has 0 radical (unpaired) electrons. The Hall–Kier alpha value is -2.56. The number of nitrogen functional groups attached to an aromatic ring is 1. The molecule has 0 aliphatic heterocycles. The molecule has 102 valence electrons. The molecule has 3 aromatic rings. The number of aromatic amines is 1. The van der Waals surface area contributed by atoms with Crippen molar-refractivity contribution in [3.05, 3.63) is 54.0 Å². The molecule has 2 aromatic carbocycles. The molecule has 5 heteroatoms. The van der Waals surface area contributed by atoms with Crippen LogP contribution in [0.25, 0.3) is 10.9 Å². The van der Waals surface area contributed by atoms with Crippen LogP contribution in [0.2, 0.25) is 0 Å². The first kappa shape index (κ1) is 12.5. The van der Waals surface area contributed by atoms with Gasteiger partial charge in [0, 0.05) is 11.4 Å². The van der Waals surface area contributed by atoms with Crippen LogP contribution in [0.1, 0.15) is 18.5 Å². The molecular weight excluding hydrogens is 255 g/mol. The Morgan fingerprint density at radius 3 is 2.95 bits per heavy atom. The molecule has 1 heterocycles. The van der Waals surface area contributed by atoms with E-state index in [1.54, 1.807) is 12.3 Å². The lowest BCUT2D eigenvalue weighted by molar-refractivity contribution is 0.623. The minimum absolute atomic E-state index is 0.0478. The maximum atomic E-state index is 13.2. The van der Waals surface area contributed by atoms with Crippen molar-refractivity contribution in [1.82, 2.24) is 10.2 Å². The molecular formula is C15H15FN4. The van der Waals surface area contributed by atoms with Crippen molar-refractivity contribution in [1.29, 1.82) is 0 Å². The van der Waals surface area contributed by atoms with E-state index in [9.17, 15) is 4.39 Å². The number of anilines is 2. The van der Waals surface area contributed by atoms with Gasteiger partial charge in [0.25, 0.3) is 0 Å². The summed E-state index contributed by atoms with van der Waals surface area (Å²) in [6.45, 7) is 1.96. The minimum atomic E-state index is -0.242. The second-order valence-electron chi connectivity index (χ2n) is 4.82. The zero-order valence-corrected chi connectivity index (χ0v) is 11.0.